The first-order chi connectivity index (χ1) is 9.03. The molecule has 1 aromatic rings. The first-order valence-electron chi connectivity index (χ1n) is 5.99. The number of aliphatic carboxylic acids is 1. The minimum atomic E-state index is -0.998. The van der Waals surface area contributed by atoms with Gasteiger partial charge in [-0.3, -0.25) is 0 Å². The molecule has 0 aliphatic carbocycles. The molecule has 3 N–H and O–H groups in total. The van der Waals surface area contributed by atoms with Crippen LogP contribution in [0.4, 0.5) is 0 Å². The number of carbonyl (C=O) groups is 1. The maximum atomic E-state index is 11.0. The largest absolute Gasteiger partial charge is 0.493 e. The summed E-state index contributed by atoms with van der Waals surface area (Å²) in [5.74, 6) is -0.0995. The van der Waals surface area contributed by atoms with Gasteiger partial charge in [0.25, 0.3) is 0 Å². The van der Waals surface area contributed by atoms with Gasteiger partial charge in [-0.2, -0.15) is 0 Å². The predicted molar refractivity (Wildman–Crippen MR) is 75.8 cm³/mol. The summed E-state index contributed by atoms with van der Waals surface area (Å²) in [5.41, 5.74) is 6.52. The number of carboxylic acid groups (broad SMARTS) is 1. The van der Waals surface area contributed by atoms with Crippen molar-refractivity contribution in [3.05, 3.63) is 22.2 Å². The highest BCUT2D eigenvalue weighted by molar-refractivity contribution is 9.10. The van der Waals surface area contributed by atoms with Gasteiger partial charge in [-0.05, 0) is 53.0 Å². The second-order valence-electron chi connectivity index (χ2n) is 4.00. The molecule has 1 rings (SSSR count). The summed E-state index contributed by atoms with van der Waals surface area (Å²) in [6.45, 7) is 2.28. The molecular weight excluding hydrogens is 314 g/mol. The number of nitrogens with two attached hydrogens (primary N) is 1. The van der Waals surface area contributed by atoms with E-state index in [1.165, 1.54) is 7.11 Å². The molecule has 0 aromatic heterocycles. The van der Waals surface area contributed by atoms with Crippen molar-refractivity contribution in [1.29, 1.82) is 0 Å². The average molecular weight is 332 g/mol. The number of ether oxygens (including phenoxy) is 2. The van der Waals surface area contributed by atoms with Gasteiger partial charge in [0.1, 0.15) is 0 Å². The maximum absolute atomic E-state index is 11.0. The predicted octanol–water partition coefficient (Wildman–Crippen LogP) is 2.20. The molecule has 0 saturated carbocycles. The minimum absolute atomic E-state index is 0.371. The average Bonchev–Trinajstić information content (AvgIpc) is 2.37. The van der Waals surface area contributed by atoms with Crippen LogP contribution in [0, 0.1) is 0 Å². The third-order valence-electron chi connectivity index (χ3n) is 2.63. The van der Waals surface area contributed by atoms with E-state index in [4.69, 9.17) is 20.3 Å². The van der Waals surface area contributed by atoms with Crippen LogP contribution in [0.2, 0.25) is 0 Å². The number of hydrogen-bond acceptors (Lipinski definition) is 4. The van der Waals surface area contributed by atoms with Crippen molar-refractivity contribution in [2.45, 2.75) is 25.9 Å². The van der Waals surface area contributed by atoms with Gasteiger partial charge in [0.15, 0.2) is 17.6 Å². The first-order valence-corrected chi connectivity index (χ1v) is 6.78. The second-order valence-corrected chi connectivity index (χ2v) is 4.86. The summed E-state index contributed by atoms with van der Waals surface area (Å²) in [7, 11) is 1.52. The lowest BCUT2D eigenvalue weighted by atomic mass is 10.1. The van der Waals surface area contributed by atoms with E-state index in [-0.39, 0.29) is 0 Å². The van der Waals surface area contributed by atoms with Gasteiger partial charge in [0, 0.05) is 0 Å². The van der Waals surface area contributed by atoms with Gasteiger partial charge in [0.05, 0.1) is 11.6 Å². The Morgan fingerprint density at radius 1 is 1.53 bits per heavy atom. The van der Waals surface area contributed by atoms with Crippen molar-refractivity contribution in [2.75, 3.05) is 13.7 Å². The number of halogens is 1. The van der Waals surface area contributed by atoms with Crippen LogP contribution in [0.15, 0.2) is 16.6 Å². The molecule has 1 unspecified atom stereocenters. The van der Waals surface area contributed by atoms with Crippen LogP contribution < -0.4 is 15.2 Å². The Bertz CT molecular complexity index is 451. The van der Waals surface area contributed by atoms with Gasteiger partial charge in [-0.25, -0.2) is 4.79 Å². The molecule has 1 aromatic carbocycles. The highest BCUT2D eigenvalue weighted by Gasteiger charge is 2.21. The molecule has 0 aliphatic heterocycles. The van der Waals surface area contributed by atoms with E-state index in [1.54, 1.807) is 6.92 Å². The molecule has 19 heavy (non-hydrogen) atoms. The topological polar surface area (TPSA) is 81.8 Å². The molecule has 0 fully saturated rings. The van der Waals surface area contributed by atoms with Gasteiger partial charge in [-0.15, -0.1) is 0 Å². The van der Waals surface area contributed by atoms with Crippen LogP contribution in [0.3, 0.4) is 0 Å². The molecule has 0 saturated heterocycles. The standard InChI is InChI=1S/C13H18BrNO4/c1-3-10(13(16)17)19-12-9(14)6-8(4-5-15)7-11(12)18-2/h6-7,10H,3-5,15H2,1-2H3,(H,16,17). The SMILES string of the molecule is CCC(Oc1c(Br)cc(CCN)cc1OC)C(=O)O. The Labute approximate surface area is 120 Å². The van der Waals surface area contributed by atoms with E-state index >= 15 is 0 Å². The van der Waals surface area contributed by atoms with E-state index in [0.717, 1.165) is 5.56 Å². The van der Waals surface area contributed by atoms with Crippen molar-refractivity contribution >= 4 is 21.9 Å². The van der Waals surface area contributed by atoms with Crippen LogP contribution in [-0.4, -0.2) is 30.8 Å². The van der Waals surface area contributed by atoms with Crippen LogP contribution >= 0.6 is 15.9 Å². The Hall–Kier alpha value is -1.27. The molecule has 0 amide bonds. The first kappa shape index (κ1) is 15.8. The molecule has 0 radical (unpaired) electrons. The summed E-state index contributed by atoms with van der Waals surface area (Å²) in [4.78, 5) is 11.0. The monoisotopic (exact) mass is 331 g/mol. The highest BCUT2D eigenvalue weighted by Crippen LogP contribution is 2.37. The fourth-order valence-electron chi connectivity index (χ4n) is 1.65. The number of benzene rings is 1. The number of hydrogen-bond donors (Lipinski definition) is 2. The minimum Gasteiger partial charge on any atom is -0.493 e. The van der Waals surface area contributed by atoms with Gasteiger partial charge >= 0.3 is 5.97 Å². The Morgan fingerprint density at radius 3 is 2.68 bits per heavy atom. The Morgan fingerprint density at radius 2 is 2.21 bits per heavy atom. The molecule has 0 heterocycles. The summed E-state index contributed by atoms with van der Waals surface area (Å²) in [6.07, 6.45) is 0.187. The van der Waals surface area contributed by atoms with Gasteiger partial charge < -0.3 is 20.3 Å². The van der Waals surface area contributed by atoms with Crippen molar-refractivity contribution in [3.8, 4) is 11.5 Å². The summed E-state index contributed by atoms with van der Waals surface area (Å²) < 4.78 is 11.4. The Kier molecular flexibility index (Phi) is 6.11. The third kappa shape index (κ3) is 4.11. The van der Waals surface area contributed by atoms with E-state index in [2.05, 4.69) is 15.9 Å². The molecule has 0 spiro atoms. The lowest BCUT2D eigenvalue weighted by Crippen LogP contribution is -2.26. The number of carboxylic acids is 1. The van der Waals surface area contributed by atoms with E-state index in [1.807, 2.05) is 12.1 Å². The molecule has 106 valence electrons. The van der Waals surface area contributed by atoms with Crippen LogP contribution in [0.5, 0.6) is 11.5 Å². The molecule has 1 atom stereocenters. The third-order valence-corrected chi connectivity index (χ3v) is 3.22. The summed E-state index contributed by atoms with van der Waals surface area (Å²) in [6, 6.07) is 3.67. The molecule has 5 nitrogen and oxygen atoms in total. The fraction of sp³-hybridized carbons (Fsp3) is 0.462. The van der Waals surface area contributed by atoms with Crippen molar-refractivity contribution in [1.82, 2.24) is 0 Å². The zero-order valence-corrected chi connectivity index (χ0v) is 12.6. The lowest BCUT2D eigenvalue weighted by molar-refractivity contribution is -0.145. The van der Waals surface area contributed by atoms with Crippen LogP contribution in [0.25, 0.3) is 0 Å². The maximum Gasteiger partial charge on any atom is 0.344 e. The zero-order chi connectivity index (χ0) is 14.4. The van der Waals surface area contributed by atoms with E-state index < -0.39 is 12.1 Å². The lowest BCUT2D eigenvalue weighted by Gasteiger charge is -2.18. The highest BCUT2D eigenvalue weighted by atomic mass is 79.9. The van der Waals surface area contributed by atoms with Gasteiger partial charge in [-0.1, -0.05) is 6.92 Å². The van der Waals surface area contributed by atoms with Crippen molar-refractivity contribution in [3.63, 3.8) is 0 Å². The van der Waals surface area contributed by atoms with E-state index in [9.17, 15) is 4.79 Å². The molecule has 0 bridgehead atoms. The number of rotatable bonds is 7. The molecule has 0 aliphatic rings. The smallest absolute Gasteiger partial charge is 0.344 e. The second kappa shape index (κ2) is 7.35. The van der Waals surface area contributed by atoms with Crippen molar-refractivity contribution in [2.24, 2.45) is 5.73 Å². The molecule has 6 heteroatoms. The van der Waals surface area contributed by atoms with Crippen LogP contribution in [-0.2, 0) is 11.2 Å². The van der Waals surface area contributed by atoms with E-state index in [0.29, 0.717) is 35.4 Å². The number of methoxy groups -OCH3 is 1. The summed E-state index contributed by atoms with van der Waals surface area (Å²) in [5, 5.41) is 9.03. The fourth-order valence-corrected chi connectivity index (χ4v) is 2.23. The van der Waals surface area contributed by atoms with Crippen LogP contribution in [0.1, 0.15) is 18.9 Å². The quantitative estimate of drug-likeness (QED) is 0.800. The van der Waals surface area contributed by atoms with Crippen molar-refractivity contribution < 1.29 is 19.4 Å². The van der Waals surface area contributed by atoms with Gasteiger partial charge in [0.2, 0.25) is 0 Å². The summed E-state index contributed by atoms with van der Waals surface area (Å²) >= 11 is 3.38. The normalized spacial score (nSPS) is 12.0. The molecular formula is C13H18BrNO4. The zero-order valence-electron chi connectivity index (χ0n) is 11.0. The Balaban J connectivity index is 3.08.